The van der Waals surface area contributed by atoms with Crippen LogP contribution < -0.4 is 4.90 Å². The second-order valence-corrected chi connectivity index (χ2v) is 9.99. The van der Waals surface area contributed by atoms with E-state index in [1.807, 2.05) is 18.3 Å². The zero-order chi connectivity index (χ0) is 22.8. The number of carbonyl (C=O) groups is 1. The molecule has 0 aromatic carbocycles. The van der Waals surface area contributed by atoms with E-state index in [1.54, 1.807) is 0 Å². The third kappa shape index (κ3) is 4.88. The molecule has 7 heteroatoms. The zero-order valence-corrected chi connectivity index (χ0v) is 20.0. The van der Waals surface area contributed by atoms with Crippen molar-refractivity contribution in [3.05, 3.63) is 47.2 Å². The van der Waals surface area contributed by atoms with E-state index in [-0.39, 0.29) is 5.92 Å². The molecule has 3 aliphatic heterocycles. The summed E-state index contributed by atoms with van der Waals surface area (Å²) in [5.74, 6) is 2.96. The standard InChI is InChI=1S/C26H36N6O/c1-19-23-7-5-13-32(18-22-6-3-4-12-27-22)25(23)29-24(28-19)20-10-16-31(17-11-20)26(33)21-8-14-30(2)15-9-21/h3-4,6,12,20-21H,5,7-11,13-18H2,1-2H3. The van der Waals surface area contributed by atoms with E-state index in [0.29, 0.717) is 11.8 Å². The zero-order valence-electron chi connectivity index (χ0n) is 20.0. The molecule has 0 atom stereocenters. The number of anilines is 1. The topological polar surface area (TPSA) is 65.5 Å². The fourth-order valence-electron chi connectivity index (χ4n) is 5.60. The summed E-state index contributed by atoms with van der Waals surface area (Å²) in [4.78, 5) is 34.4. The van der Waals surface area contributed by atoms with Crippen molar-refractivity contribution in [2.45, 2.75) is 57.9 Å². The van der Waals surface area contributed by atoms with Crippen molar-refractivity contribution in [3.63, 3.8) is 0 Å². The van der Waals surface area contributed by atoms with Crippen molar-refractivity contribution < 1.29 is 4.79 Å². The highest BCUT2D eigenvalue weighted by molar-refractivity contribution is 5.79. The maximum absolute atomic E-state index is 13.0. The van der Waals surface area contributed by atoms with Gasteiger partial charge < -0.3 is 14.7 Å². The highest BCUT2D eigenvalue weighted by Gasteiger charge is 2.32. The summed E-state index contributed by atoms with van der Waals surface area (Å²) in [6.07, 6.45) is 7.93. The number of nitrogens with zero attached hydrogens (tertiary/aromatic N) is 6. The Hall–Kier alpha value is -2.54. The SMILES string of the molecule is Cc1nc(C2CCN(C(=O)C3CCN(C)CC3)CC2)nc2c1CCCN2Cc1ccccn1. The van der Waals surface area contributed by atoms with Crippen LogP contribution in [0.1, 0.15) is 60.8 Å². The molecule has 33 heavy (non-hydrogen) atoms. The lowest BCUT2D eigenvalue weighted by Crippen LogP contribution is -2.44. The van der Waals surface area contributed by atoms with Crippen LogP contribution in [0.2, 0.25) is 0 Å². The molecule has 2 aromatic heterocycles. The van der Waals surface area contributed by atoms with Gasteiger partial charge >= 0.3 is 0 Å². The minimum absolute atomic E-state index is 0.208. The summed E-state index contributed by atoms with van der Waals surface area (Å²) < 4.78 is 0. The number of rotatable bonds is 4. The van der Waals surface area contributed by atoms with Crippen molar-refractivity contribution in [2.24, 2.45) is 5.92 Å². The van der Waals surface area contributed by atoms with Gasteiger partial charge in [0.25, 0.3) is 0 Å². The lowest BCUT2D eigenvalue weighted by Gasteiger charge is -2.37. The van der Waals surface area contributed by atoms with Crippen molar-refractivity contribution in [2.75, 3.05) is 44.7 Å². The molecule has 7 nitrogen and oxygen atoms in total. The van der Waals surface area contributed by atoms with Crippen LogP contribution in [0.25, 0.3) is 0 Å². The Morgan fingerprint density at radius 2 is 1.82 bits per heavy atom. The molecule has 0 aliphatic carbocycles. The van der Waals surface area contributed by atoms with Crippen molar-refractivity contribution >= 4 is 11.7 Å². The molecular weight excluding hydrogens is 412 g/mol. The van der Waals surface area contributed by atoms with Crippen LogP contribution in [-0.2, 0) is 17.8 Å². The Balaban J connectivity index is 1.27. The molecule has 2 aromatic rings. The number of carbonyl (C=O) groups excluding carboxylic acids is 1. The van der Waals surface area contributed by atoms with Gasteiger partial charge in [-0.25, -0.2) is 9.97 Å². The minimum Gasteiger partial charge on any atom is -0.350 e. The molecule has 0 spiro atoms. The monoisotopic (exact) mass is 448 g/mol. The smallest absolute Gasteiger partial charge is 0.225 e. The molecule has 0 unspecified atom stereocenters. The van der Waals surface area contributed by atoms with Gasteiger partial charge in [-0.05, 0) is 77.7 Å². The quantitative estimate of drug-likeness (QED) is 0.716. The van der Waals surface area contributed by atoms with Crippen LogP contribution in [0.15, 0.2) is 24.4 Å². The van der Waals surface area contributed by atoms with Gasteiger partial charge in [-0.2, -0.15) is 0 Å². The van der Waals surface area contributed by atoms with Gasteiger partial charge in [0.2, 0.25) is 5.91 Å². The van der Waals surface area contributed by atoms with Crippen LogP contribution in [0.5, 0.6) is 0 Å². The number of hydrogen-bond donors (Lipinski definition) is 0. The van der Waals surface area contributed by atoms with Gasteiger partial charge in [-0.3, -0.25) is 9.78 Å². The average molecular weight is 449 g/mol. The third-order valence-electron chi connectivity index (χ3n) is 7.68. The Labute approximate surface area is 197 Å². The molecule has 2 saturated heterocycles. The molecule has 1 amide bonds. The van der Waals surface area contributed by atoms with Gasteiger partial charge in [0.15, 0.2) is 0 Å². The van der Waals surface area contributed by atoms with Crippen molar-refractivity contribution in [1.29, 1.82) is 0 Å². The number of fused-ring (bicyclic) bond motifs is 1. The van der Waals surface area contributed by atoms with E-state index < -0.39 is 0 Å². The fourth-order valence-corrected chi connectivity index (χ4v) is 5.60. The number of hydrogen-bond acceptors (Lipinski definition) is 6. The van der Waals surface area contributed by atoms with Crippen molar-refractivity contribution in [1.82, 2.24) is 24.8 Å². The number of pyridine rings is 1. The second kappa shape index (κ2) is 9.75. The minimum atomic E-state index is 0.208. The Bertz CT molecular complexity index is 964. The van der Waals surface area contributed by atoms with E-state index >= 15 is 0 Å². The van der Waals surface area contributed by atoms with Crippen LogP contribution in [0.3, 0.4) is 0 Å². The number of aryl methyl sites for hydroxylation is 1. The highest BCUT2D eigenvalue weighted by atomic mass is 16.2. The predicted molar refractivity (Wildman–Crippen MR) is 129 cm³/mol. The Kier molecular flexibility index (Phi) is 6.58. The number of piperidine rings is 2. The molecule has 0 N–H and O–H groups in total. The maximum atomic E-state index is 13.0. The maximum Gasteiger partial charge on any atom is 0.225 e. The molecule has 2 fully saturated rings. The molecule has 5 heterocycles. The molecule has 3 aliphatic rings. The van der Waals surface area contributed by atoms with Gasteiger partial charge in [-0.15, -0.1) is 0 Å². The molecular formula is C26H36N6O. The van der Waals surface area contributed by atoms with E-state index in [0.717, 1.165) is 101 Å². The normalized spacial score (nSPS) is 20.7. The summed E-state index contributed by atoms with van der Waals surface area (Å²) in [6, 6.07) is 6.09. The first-order chi connectivity index (χ1) is 16.1. The largest absolute Gasteiger partial charge is 0.350 e. The average Bonchev–Trinajstić information content (AvgIpc) is 2.85. The summed E-state index contributed by atoms with van der Waals surface area (Å²) in [6.45, 7) is 7.64. The molecule has 0 saturated carbocycles. The molecule has 0 bridgehead atoms. The summed E-state index contributed by atoms with van der Waals surface area (Å²) >= 11 is 0. The predicted octanol–water partition coefficient (Wildman–Crippen LogP) is 3.18. The molecule has 176 valence electrons. The molecule has 0 radical (unpaired) electrons. The second-order valence-electron chi connectivity index (χ2n) is 9.99. The van der Waals surface area contributed by atoms with E-state index in [9.17, 15) is 4.79 Å². The van der Waals surface area contributed by atoms with Gasteiger partial charge in [-0.1, -0.05) is 6.07 Å². The van der Waals surface area contributed by atoms with Crippen LogP contribution in [-0.4, -0.2) is 70.4 Å². The first kappa shape index (κ1) is 22.3. The number of likely N-dealkylation sites (tertiary alicyclic amines) is 2. The fraction of sp³-hybridized carbons (Fsp3) is 0.615. The summed E-state index contributed by atoms with van der Waals surface area (Å²) in [7, 11) is 2.14. The Morgan fingerprint density at radius 1 is 1.03 bits per heavy atom. The first-order valence-electron chi connectivity index (χ1n) is 12.6. The third-order valence-corrected chi connectivity index (χ3v) is 7.68. The lowest BCUT2D eigenvalue weighted by atomic mass is 9.91. The Morgan fingerprint density at radius 3 is 2.55 bits per heavy atom. The number of amides is 1. The highest BCUT2D eigenvalue weighted by Crippen LogP contribution is 2.33. The van der Waals surface area contributed by atoms with E-state index in [1.165, 1.54) is 5.56 Å². The van der Waals surface area contributed by atoms with Crippen molar-refractivity contribution in [3.8, 4) is 0 Å². The number of aromatic nitrogens is 3. The summed E-state index contributed by atoms with van der Waals surface area (Å²) in [5.41, 5.74) is 3.48. The van der Waals surface area contributed by atoms with E-state index in [4.69, 9.17) is 9.97 Å². The van der Waals surface area contributed by atoms with Crippen LogP contribution in [0.4, 0.5) is 5.82 Å². The van der Waals surface area contributed by atoms with Crippen LogP contribution in [0, 0.1) is 12.8 Å². The van der Waals surface area contributed by atoms with Crippen LogP contribution >= 0.6 is 0 Å². The summed E-state index contributed by atoms with van der Waals surface area (Å²) in [5, 5.41) is 0. The van der Waals surface area contributed by atoms with Gasteiger partial charge in [0.05, 0.1) is 12.2 Å². The van der Waals surface area contributed by atoms with Gasteiger partial charge in [0, 0.05) is 48.9 Å². The first-order valence-corrected chi connectivity index (χ1v) is 12.6. The lowest BCUT2D eigenvalue weighted by molar-refractivity contribution is -0.138. The van der Waals surface area contributed by atoms with Gasteiger partial charge in [0.1, 0.15) is 11.6 Å². The van der Waals surface area contributed by atoms with E-state index in [2.05, 4.69) is 39.7 Å². The molecule has 5 rings (SSSR count).